The summed E-state index contributed by atoms with van der Waals surface area (Å²) in [5.74, 6) is -2.75. The van der Waals surface area contributed by atoms with Crippen molar-refractivity contribution in [3.8, 4) is 0 Å². The van der Waals surface area contributed by atoms with E-state index in [1.165, 1.54) is 13.0 Å². The third kappa shape index (κ3) is 5.61. The standard InChI is InChI=1S/C12H15N3O5S/c1-6(16)14-10-5-3-8(21-10)11(18)15-7(12(19)20)2-4-9(13)17/h3,5,7H,2,4H2,1H3,(H2,13,17)(H,14,16)(H,15,18)(H,19,20)/t7-/m1/s1. The summed E-state index contributed by atoms with van der Waals surface area (Å²) >= 11 is 1.02. The zero-order chi connectivity index (χ0) is 16.0. The molecular weight excluding hydrogens is 298 g/mol. The first-order valence-corrected chi connectivity index (χ1v) is 6.80. The van der Waals surface area contributed by atoms with Crippen molar-refractivity contribution in [3.63, 3.8) is 0 Å². The molecular formula is C12H15N3O5S. The van der Waals surface area contributed by atoms with Gasteiger partial charge in [0.25, 0.3) is 5.91 Å². The van der Waals surface area contributed by atoms with Crippen LogP contribution in [0.25, 0.3) is 0 Å². The summed E-state index contributed by atoms with van der Waals surface area (Å²) in [6.45, 7) is 1.34. The lowest BCUT2D eigenvalue weighted by Gasteiger charge is -2.12. The number of nitrogens with two attached hydrogens (primary N) is 1. The molecule has 0 saturated heterocycles. The average molecular weight is 313 g/mol. The highest BCUT2D eigenvalue weighted by Crippen LogP contribution is 2.21. The second-order valence-electron chi connectivity index (χ2n) is 4.21. The van der Waals surface area contributed by atoms with Crippen molar-refractivity contribution in [2.24, 2.45) is 5.73 Å². The molecule has 1 atom stereocenters. The highest BCUT2D eigenvalue weighted by Gasteiger charge is 2.22. The SMILES string of the molecule is CC(=O)Nc1ccc(C(=O)N[C@H](CCC(N)=O)C(=O)O)s1. The van der Waals surface area contributed by atoms with Crippen LogP contribution in [0.1, 0.15) is 29.4 Å². The van der Waals surface area contributed by atoms with Crippen LogP contribution < -0.4 is 16.4 Å². The van der Waals surface area contributed by atoms with E-state index in [1.54, 1.807) is 6.07 Å². The van der Waals surface area contributed by atoms with Crippen LogP contribution in [0, 0.1) is 0 Å². The van der Waals surface area contributed by atoms with Crippen molar-refractivity contribution in [1.29, 1.82) is 0 Å². The Morgan fingerprint density at radius 1 is 1.33 bits per heavy atom. The number of hydrogen-bond acceptors (Lipinski definition) is 5. The van der Waals surface area contributed by atoms with Crippen LogP contribution in [0.15, 0.2) is 12.1 Å². The first kappa shape index (κ1) is 16.6. The van der Waals surface area contributed by atoms with Gasteiger partial charge in [0.1, 0.15) is 6.04 Å². The van der Waals surface area contributed by atoms with Crippen LogP contribution in [-0.4, -0.2) is 34.8 Å². The van der Waals surface area contributed by atoms with E-state index < -0.39 is 23.8 Å². The molecule has 0 bridgehead atoms. The van der Waals surface area contributed by atoms with E-state index in [4.69, 9.17) is 10.8 Å². The Bertz CT molecular complexity index is 569. The minimum Gasteiger partial charge on any atom is -0.480 e. The largest absolute Gasteiger partial charge is 0.480 e. The maximum atomic E-state index is 11.9. The van der Waals surface area contributed by atoms with E-state index in [0.717, 1.165) is 11.3 Å². The maximum absolute atomic E-state index is 11.9. The Morgan fingerprint density at radius 2 is 2.00 bits per heavy atom. The lowest BCUT2D eigenvalue weighted by Crippen LogP contribution is -2.41. The fourth-order valence-electron chi connectivity index (χ4n) is 1.47. The van der Waals surface area contributed by atoms with E-state index in [0.29, 0.717) is 5.00 Å². The summed E-state index contributed by atoms with van der Waals surface area (Å²) in [5.41, 5.74) is 4.95. The zero-order valence-corrected chi connectivity index (χ0v) is 12.0. The van der Waals surface area contributed by atoms with E-state index in [9.17, 15) is 19.2 Å². The van der Waals surface area contributed by atoms with E-state index in [2.05, 4.69) is 10.6 Å². The molecule has 0 unspecified atom stereocenters. The van der Waals surface area contributed by atoms with Crippen molar-refractivity contribution in [2.45, 2.75) is 25.8 Å². The van der Waals surface area contributed by atoms with Gasteiger partial charge in [-0.2, -0.15) is 0 Å². The number of rotatable bonds is 7. The van der Waals surface area contributed by atoms with Gasteiger partial charge in [-0.15, -0.1) is 11.3 Å². The molecule has 114 valence electrons. The summed E-state index contributed by atoms with van der Waals surface area (Å²) in [6.07, 6.45) is -0.223. The molecule has 1 rings (SSSR count). The van der Waals surface area contributed by atoms with Crippen molar-refractivity contribution < 1.29 is 24.3 Å². The third-order valence-electron chi connectivity index (χ3n) is 2.41. The van der Waals surface area contributed by atoms with Gasteiger partial charge in [0.15, 0.2) is 0 Å². The summed E-state index contributed by atoms with van der Waals surface area (Å²) in [6, 6.07) is 1.81. The first-order valence-electron chi connectivity index (χ1n) is 5.99. The Hall–Kier alpha value is -2.42. The lowest BCUT2D eigenvalue weighted by molar-refractivity contribution is -0.139. The number of carbonyl (C=O) groups is 4. The first-order chi connectivity index (χ1) is 9.79. The second kappa shape index (κ2) is 7.39. The summed E-state index contributed by atoms with van der Waals surface area (Å²) in [5, 5.41) is 14.3. The Kier molecular flexibility index (Phi) is 5.85. The van der Waals surface area contributed by atoms with Crippen LogP contribution in [0.4, 0.5) is 5.00 Å². The van der Waals surface area contributed by atoms with Crippen LogP contribution in [0.2, 0.25) is 0 Å². The molecule has 0 aliphatic rings. The number of aliphatic carboxylic acids is 1. The van der Waals surface area contributed by atoms with Crippen molar-refractivity contribution >= 4 is 40.0 Å². The highest BCUT2D eigenvalue weighted by atomic mass is 32.1. The predicted octanol–water partition coefficient (Wildman–Crippen LogP) is 0.155. The predicted molar refractivity (Wildman–Crippen MR) is 75.9 cm³/mol. The molecule has 1 heterocycles. The maximum Gasteiger partial charge on any atom is 0.326 e. The Morgan fingerprint density at radius 3 is 2.52 bits per heavy atom. The topological polar surface area (TPSA) is 139 Å². The van der Waals surface area contributed by atoms with E-state index in [1.807, 2.05) is 0 Å². The van der Waals surface area contributed by atoms with Gasteiger partial charge in [0.05, 0.1) is 9.88 Å². The molecule has 0 spiro atoms. The second-order valence-corrected chi connectivity index (χ2v) is 5.30. The molecule has 9 heteroatoms. The summed E-state index contributed by atoms with van der Waals surface area (Å²) in [7, 11) is 0. The lowest BCUT2D eigenvalue weighted by atomic mass is 10.1. The van der Waals surface area contributed by atoms with Gasteiger partial charge in [0.2, 0.25) is 11.8 Å². The monoisotopic (exact) mass is 313 g/mol. The molecule has 0 saturated carbocycles. The van der Waals surface area contributed by atoms with Gasteiger partial charge in [-0.05, 0) is 18.6 Å². The van der Waals surface area contributed by atoms with Gasteiger partial charge >= 0.3 is 5.97 Å². The molecule has 0 fully saturated rings. The number of primary amides is 1. The quantitative estimate of drug-likeness (QED) is 0.567. The number of thiophene rings is 1. The van der Waals surface area contributed by atoms with Gasteiger partial charge in [-0.25, -0.2) is 4.79 Å². The smallest absolute Gasteiger partial charge is 0.326 e. The molecule has 0 radical (unpaired) electrons. The fraction of sp³-hybridized carbons (Fsp3) is 0.333. The normalized spacial score (nSPS) is 11.5. The molecule has 5 N–H and O–H groups in total. The van der Waals surface area contributed by atoms with E-state index >= 15 is 0 Å². The van der Waals surface area contributed by atoms with Crippen molar-refractivity contribution in [1.82, 2.24) is 5.32 Å². The molecule has 0 aromatic carbocycles. The number of nitrogens with one attached hydrogen (secondary N) is 2. The van der Waals surface area contributed by atoms with Crippen LogP contribution in [-0.2, 0) is 14.4 Å². The van der Waals surface area contributed by atoms with Gasteiger partial charge < -0.3 is 21.5 Å². The molecule has 21 heavy (non-hydrogen) atoms. The van der Waals surface area contributed by atoms with Crippen molar-refractivity contribution in [3.05, 3.63) is 17.0 Å². The Labute approximate surface area is 124 Å². The number of carboxylic acid groups (broad SMARTS) is 1. The Balaban J connectivity index is 2.68. The number of hydrogen-bond donors (Lipinski definition) is 4. The van der Waals surface area contributed by atoms with Gasteiger partial charge in [-0.3, -0.25) is 14.4 Å². The highest BCUT2D eigenvalue weighted by molar-refractivity contribution is 7.18. The van der Waals surface area contributed by atoms with Gasteiger partial charge in [0, 0.05) is 13.3 Å². The van der Waals surface area contributed by atoms with Crippen LogP contribution >= 0.6 is 11.3 Å². The molecule has 0 aliphatic heterocycles. The fourth-order valence-corrected chi connectivity index (χ4v) is 2.33. The number of carbonyl (C=O) groups excluding carboxylic acids is 3. The summed E-state index contributed by atoms with van der Waals surface area (Å²) in [4.78, 5) is 44.7. The van der Waals surface area contributed by atoms with Crippen LogP contribution in [0.5, 0.6) is 0 Å². The van der Waals surface area contributed by atoms with Crippen LogP contribution in [0.3, 0.4) is 0 Å². The number of carboxylic acids is 1. The minimum atomic E-state index is -1.25. The minimum absolute atomic E-state index is 0.0830. The summed E-state index contributed by atoms with van der Waals surface area (Å²) < 4.78 is 0. The zero-order valence-electron chi connectivity index (χ0n) is 11.2. The molecule has 8 nitrogen and oxygen atoms in total. The van der Waals surface area contributed by atoms with Gasteiger partial charge in [-0.1, -0.05) is 0 Å². The molecule has 1 aromatic rings. The molecule has 1 aromatic heterocycles. The number of amides is 3. The average Bonchev–Trinajstić information content (AvgIpc) is 2.81. The molecule has 0 aliphatic carbocycles. The van der Waals surface area contributed by atoms with Crippen molar-refractivity contribution in [2.75, 3.05) is 5.32 Å². The molecule has 3 amide bonds. The third-order valence-corrected chi connectivity index (χ3v) is 3.41. The number of anilines is 1. The van der Waals surface area contributed by atoms with E-state index in [-0.39, 0.29) is 23.6 Å².